The summed E-state index contributed by atoms with van der Waals surface area (Å²) in [4.78, 5) is 0.323. The largest absolute Gasteiger partial charge is 0.497 e. The summed E-state index contributed by atoms with van der Waals surface area (Å²) >= 11 is 0. The number of ether oxygens (including phenoxy) is 1. The highest BCUT2D eigenvalue weighted by atomic mass is 32.2. The fraction of sp³-hybridized carbons (Fsp3) is 0.478. The van der Waals surface area contributed by atoms with Gasteiger partial charge < -0.3 is 4.74 Å². The molecule has 150 valence electrons. The smallest absolute Gasteiger partial charge is 0.190 e. The van der Waals surface area contributed by atoms with E-state index in [1.807, 2.05) is 19.1 Å². The topological polar surface area (TPSA) is 43.4 Å². The Kier molecular flexibility index (Phi) is 9.04. The first kappa shape index (κ1) is 23.2. The second-order valence-corrected chi connectivity index (χ2v) is 9.61. The zero-order chi connectivity index (χ0) is 20.5. The van der Waals surface area contributed by atoms with Gasteiger partial charge in [0.25, 0.3) is 0 Å². The van der Waals surface area contributed by atoms with Crippen LogP contribution in [0.1, 0.15) is 53.9 Å². The Hall–Kier alpha value is -1.81. The van der Waals surface area contributed by atoms with Gasteiger partial charge in [-0.1, -0.05) is 56.9 Å². The summed E-state index contributed by atoms with van der Waals surface area (Å²) in [5.41, 5.74) is 1.08. The van der Waals surface area contributed by atoms with E-state index in [-0.39, 0.29) is 5.92 Å². The van der Waals surface area contributed by atoms with Gasteiger partial charge in [0.05, 0.1) is 11.5 Å². The van der Waals surface area contributed by atoms with Crippen LogP contribution in [0.2, 0.25) is 0 Å². The molecule has 0 fully saturated rings. The molecule has 0 amide bonds. The first-order valence-corrected chi connectivity index (χ1v) is 11.2. The van der Waals surface area contributed by atoms with Crippen LogP contribution in [0.15, 0.2) is 71.4 Å². The Morgan fingerprint density at radius 2 is 1.85 bits per heavy atom. The summed E-state index contributed by atoms with van der Waals surface area (Å²) in [6.45, 7) is 13.7. The maximum Gasteiger partial charge on any atom is 0.190 e. The second-order valence-electron chi connectivity index (χ2n) is 7.11. The molecule has 27 heavy (non-hydrogen) atoms. The molecule has 0 aliphatic heterocycles. The monoisotopic (exact) mass is 390 g/mol. The number of hydrogen-bond donors (Lipinski definition) is 0. The molecule has 1 atom stereocenters. The lowest BCUT2D eigenvalue weighted by molar-refractivity contribution is 0.196. The molecule has 0 aliphatic rings. The summed E-state index contributed by atoms with van der Waals surface area (Å²) in [6, 6.07) is 8.62. The molecule has 1 aromatic carbocycles. The van der Waals surface area contributed by atoms with Gasteiger partial charge in [-0.2, -0.15) is 0 Å². The molecule has 0 radical (unpaired) electrons. The van der Waals surface area contributed by atoms with Gasteiger partial charge in [0.1, 0.15) is 10.5 Å². The average Bonchev–Trinajstić information content (AvgIpc) is 2.65. The Morgan fingerprint density at radius 3 is 2.37 bits per heavy atom. The predicted molar refractivity (Wildman–Crippen MR) is 114 cm³/mol. The van der Waals surface area contributed by atoms with E-state index in [1.165, 1.54) is 0 Å². The van der Waals surface area contributed by atoms with E-state index in [9.17, 15) is 8.42 Å². The van der Waals surface area contributed by atoms with E-state index < -0.39 is 14.6 Å². The molecule has 0 N–H and O–H groups in total. The molecule has 0 spiro atoms. The molecule has 0 heterocycles. The Labute approximate surface area is 165 Å². The summed E-state index contributed by atoms with van der Waals surface area (Å²) in [7, 11) is -3.59. The van der Waals surface area contributed by atoms with Gasteiger partial charge in [-0.15, -0.1) is 0 Å². The van der Waals surface area contributed by atoms with Crippen LogP contribution in [0.25, 0.3) is 0 Å². The van der Waals surface area contributed by atoms with Crippen LogP contribution in [0.4, 0.5) is 0 Å². The lowest BCUT2D eigenvalue weighted by Crippen LogP contribution is -2.37. The molecular weight excluding hydrogens is 356 g/mol. The lowest BCUT2D eigenvalue weighted by Gasteiger charge is -2.32. The van der Waals surface area contributed by atoms with Gasteiger partial charge in [0.15, 0.2) is 9.84 Å². The first-order valence-electron chi connectivity index (χ1n) is 9.67. The highest BCUT2D eigenvalue weighted by molar-refractivity contribution is 7.93. The Balaban J connectivity index is 3.38. The third-order valence-corrected chi connectivity index (χ3v) is 7.29. The fourth-order valence-electron chi connectivity index (χ4n) is 3.26. The lowest BCUT2D eigenvalue weighted by atomic mass is 9.89. The summed E-state index contributed by atoms with van der Waals surface area (Å²) < 4.78 is 31.6. The standard InChI is InChI=1S/C23H34O3S/c1-7-10-11-13-16-19(4)21(8-2)22(26-9-3)23(5,6)27(24,25)20-17-14-12-15-18-20/h7,10-12,14-15,17-19H,1,8-9,13,16H2,2-6H3/b11-10+,22-21-. The zero-order valence-electron chi connectivity index (χ0n) is 17.4. The number of rotatable bonds is 11. The fourth-order valence-corrected chi connectivity index (χ4v) is 4.80. The van der Waals surface area contributed by atoms with Gasteiger partial charge in [-0.3, -0.25) is 0 Å². The Morgan fingerprint density at radius 1 is 1.22 bits per heavy atom. The number of allylic oxidation sites excluding steroid dienone is 4. The van der Waals surface area contributed by atoms with Crippen LogP contribution in [0.3, 0.4) is 0 Å². The van der Waals surface area contributed by atoms with E-state index in [1.54, 1.807) is 44.2 Å². The molecule has 0 aliphatic carbocycles. The molecule has 1 aromatic rings. The van der Waals surface area contributed by atoms with Gasteiger partial charge in [0.2, 0.25) is 0 Å². The molecule has 1 unspecified atom stereocenters. The third-order valence-electron chi connectivity index (χ3n) is 4.87. The molecule has 0 aromatic heterocycles. The minimum absolute atomic E-state index is 0.233. The summed E-state index contributed by atoms with van der Waals surface area (Å²) in [6.07, 6.45) is 8.41. The van der Waals surface area contributed by atoms with E-state index in [0.717, 1.165) is 24.8 Å². The van der Waals surface area contributed by atoms with Crippen LogP contribution in [-0.4, -0.2) is 19.8 Å². The normalized spacial score (nSPS) is 14.7. The predicted octanol–water partition coefficient (Wildman–Crippen LogP) is 6.10. The molecule has 3 nitrogen and oxygen atoms in total. The van der Waals surface area contributed by atoms with Crippen molar-refractivity contribution in [2.75, 3.05) is 6.61 Å². The van der Waals surface area contributed by atoms with E-state index >= 15 is 0 Å². The first-order chi connectivity index (χ1) is 12.7. The third kappa shape index (κ3) is 5.58. The minimum Gasteiger partial charge on any atom is -0.497 e. The SMILES string of the molecule is C=C/C=C/CCC(C)/C(CC)=C(\OCC)C(C)(C)S(=O)(=O)c1ccccc1. The second kappa shape index (κ2) is 10.5. The quantitative estimate of drug-likeness (QED) is 0.339. The molecule has 0 bridgehead atoms. The summed E-state index contributed by atoms with van der Waals surface area (Å²) in [5.74, 6) is 0.827. The van der Waals surface area contributed by atoms with Crippen molar-refractivity contribution in [3.8, 4) is 0 Å². The number of hydrogen-bond acceptors (Lipinski definition) is 3. The number of sulfone groups is 1. The maximum absolute atomic E-state index is 13.4. The van der Waals surface area contributed by atoms with Crippen molar-refractivity contribution in [2.24, 2.45) is 5.92 Å². The highest BCUT2D eigenvalue weighted by Gasteiger charge is 2.42. The van der Waals surface area contributed by atoms with Crippen LogP contribution in [0.5, 0.6) is 0 Å². The summed E-state index contributed by atoms with van der Waals surface area (Å²) in [5, 5.41) is 0. The zero-order valence-corrected chi connectivity index (χ0v) is 18.2. The molecule has 0 saturated heterocycles. The van der Waals surface area contributed by atoms with Crippen molar-refractivity contribution in [3.63, 3.8) is 0 Å². The van der Waals surface area contributed by atoms with E-state index in [2.05, 4.69) is 26.5 Å². The van der Waals surface area contributed by atoms with Crippen molar-refractivity contribution in [2.45, 2.75) is 63.5 Å². The Bertz CT molecular complexity index is 756. The van der Waals surface area contributed by atoms with Crippen LogP contribution in [-0.2, 0) is 14.6 Å². The van der Waals surface area contributed by atoms with Crippen LogP contribution < -0.4 is 0 Å². The number of benzene rings is 1. The molecule has 1 rings (SSSR count). The van der Waals surface area contributed by atoms with Crippen molar-refractivity contribution >= 4 is 9.84 Å². The molecule has 4 heteroatoms. The minimum atomic E-state index is -3.59. The van der Waals surface area contributed by atoms with Crippen molar-refractivity contribution in [3.05, 3.63) is 66.5 Å². The van der Waals surface area contributed by atoms with Gasteiger partial charge in [-0.25, -0.2) is 8.42 Å². The van der Waals surface area contributed by atoms with Crippen LogP contribution >= 0.6 is 0 Å². The van der Waals surface area contributed by atoms with Crippen molar-refractivity contribution in [1.82, 2.24) is 0 Å². The van der Waals surface area contributed by atoms with Crippen molar-refractivity contribution < 1.29 is 13.2 Å². The van der Waals surface area contributed by atoms with Crippen molar-refractivity contribution in [1.29, 1.82) is 0 Å². The highest BCUT2D eigenvalue weighted by Crippen LogP contribution is 2.38. The molecular formula is C23H34O3S. The van der Waals surface area contributed by atoms with Gasteiger partial charge in [0, 0.05) is 0 Å². The van der Waals surface area contributed by atoms with Gasteiger partial charge >= 0.3 is 0 Å². The van der Waals surface area contributed by atoms with E-state index in [4.69, 9.17) is 4.74 Å². The average molecular weight is 391 g/mol. The van der Waals surface area contributed by atoms with E-state index in [0.29, 0.717) is 17.3 Å². The maximum atomic E-state index is 13.4. The van der Waals surface area contributed by atoms with Gasteiger partial charge in [-0.05, 0) is 63.7 Å². The molecule has 0 saturated carbocycles. The van der Waals surface area contributed by atoms with Crippen LogP contribution in [0, 0.1) is 5.92 Å².